The van der Waals surface area contributed by atoms with Gasteiger partial charge in [-0.1, -0.05) is 11.6 Å². The molecule has 7 heteroatoms. The quantitative estimate of drug-likeness (QED) is 0.770. The van der Waals surface area contributed by atoms with Gasteiger partial charge in [-0.15, -0.1) is 0 Å². The highest BCUT2D eigenvalue weighted by Crippen LogP contribution is 2.37. The molecule has 0 saturated heterocycles. The molecular weight excluding hydrogens is 322 g/mol. The van der Waals surface area contributed by atoms with Crippen molar-refractivity contribution in [2.24, 2.45) is 0 Å². The number of likely N-dealkylation sites (N-methyl/N-ethyl adjacent to an activating group) is 1. The molecule has 0 aliphatic carbocycles. The van der Waals surface area contributed by atoms with E-state index < -0.39 is 12.1 Å². The van der Waals surface area contributed by atoms with Crippen LogP contribution in [-0.2, 0) is 9.53 Å². The van der Waals surface area contributed by atoms with Crippen LogP contribution in [0.2, 0.25) is 5.02 Å². The third-order valence-corrected chi connectivity index (χ3v) is 3.10. The Morgan fingerprint density at radius 3 is 2.43 bits per heavy atom. The molecule has 0 heterocycles. The molecule has 0 aliphatic heterocycles. The lowest BCUT2D eigenvalue weighted by atomic mass is 10.2. The first-order valence-corrected chi connectivity index (χ1v) is 7.70. The highest BCUT2D eigenvalue weighted by atomic mass is 35.5. The van der Waals surface area contributed by atoms with Gasteiger partial charge in [0, 0.05) is 6.54 Å². The molecule has 0 aliphatic rings. The zero-order valence-electron chi connectivity index (χ0n) is 13.9. The Morgan fingerprint density at radius 1 is 1.26 bits per heavy atom. The first-order valence-electron chi connectivity index (χ1n) is 7.33. The molecule has 6 nitrogen and oxygen atoms in total. The SMILES string of the molecule is CCNC(=O)[C@@H](C)OC(=O)c1cc(Cl)c(OC(C)C)c(OC)c1. The number of rotatable bonds is 7. The van der Waals surface area contributed by atoms with Crippen molar-refractivity contribution in [1.29, 1.82) is 0 Å². The number of esters is 1. The van der Waals surface area contributed by atoms with E-state index in [4.69, 9.17) is 25.8 Å². The van der Waals surface area contributed by atoms with Gasteiger partial charge in [-0.3, -0.25) is 4.79 Å². The van der Waals surface area contributed by atoms with Crippen molar-refractivity contribution in [3.8, 4) is 11.5 Å². The summed E-state index contributed by atoms with van der Waals surface area (Å²) in [5.74, 6) is -0.347. The average molecular weight is 344 g/mol. The minimum absolute atomic E-state index is 0.100. The van der Waals surface area contributed by atoms with Crippen LogP contribution in [0.15, 0.2) is 12.1 Å². The number of carbonyl (C=O) groups excluding carboxylic acids is 2. The number of amides is 1. The maximum absolute atomic E-state index is 12.2. The lowest BCUT2D eigenvalue weighted by Gasteiger charge is -2.17. The van der Waals surface area contributed by atoms with Crippen molar-refractivity contribution in [3.05, 3.63) is 22.7 Å². The van der Waals surface area contributed by atoms with Gasteiger partial charge in [-0.25, -0.2) is 4.79 Å². The number of hydrogen-bond donors (Lipinski definition) is 1. The van der Waals surface area contributed by atoms with Crippen LogP contribution in [0.4, 0.5) is 0 Å². The fourth-order valence-electron chi connectivity index (χ4n) is 1.79. The summed E-state index contributed by atoms with van der Waals surface area (Å²) in [7, 11) is 1.45. The zero-order valence-corrected chi connectivity index (χ0v) is 14.7. The minimum Gasteiger partial charge on any atom is -0.493 e. The number of methoxy groups -OCH3 is 1. The van der Waals surface area contributed by atoms with Gasteiger partial charge in [0.25, 0.3) is 5.91 Å². The van der Waals surface area contributed by atoms with Crippen molar-refractivity contribution in [1.82, 2.24) is 5.32 Å². The topological polar surface area (TPSA) is 73.9 Å². The fraction of sp³-hybridized carbons (Fsp3) is 0.500. The fourth-order valence-corrected chi connectivity index (χ4v) is 2.04. The van der Waals surface area contributed by atoms with Crippen LogP contribution in [0.5, 0.6) is 11.5 Å². The van der Waals surface area contributed by atoms with Gasteiger partial charge >= 0.3 is 5.97 Å². The molecule has 1 aromatic carbocycles. The van der Waals surface area contributed by atoms with E-state index in [0.29, 0.717) is 18.0 Å². The van der Waals surface area contributed by atoms with Gasteiger partial charge < -0.3 is 19.5 Å². The summed E-state index contributed by atoms with van der Waals surface area (Å²) in [6.07, 6.45) is -1.00. The predicted octanol–water partition coefficient (Wildman–Crippen LogP) is 2.82. The Hall–Kier alpha value is -1.95. The van der Waals surface area contributed by atoms with Crippen LogP contribution < -0.4 is 14.8 Å². The minimum atomic E-state index is -0.904. The second-order valence-electron chi connectivity index (χ2n) is 5.10. The molecule has 1 rings (SSSR count). The van der Waals surface area contributed by atoms with E-state index in [1.54, 1.807) is 6.92 Å². The van der Waals surface area contributed by atoms with E-state index in [0.717, 1.165) is 0 Å². The molecule has 0 aromatic heterocycles. The summed E-state index contributed by atoms with van der Waals surface area (Å²) in [4.78, 5) is 23.8. The van der Waals surface area contributed by atoms with Crippen LogP contribution in [-0.4, -0.2) is 37.7 Å². The van der Waals surface area contributed by atoms with Crippen LogP contribution >= 0.6 is 11.6 Å². The van der Waals surface area contributed by atoms with E-state index in [9.17, 15) is 9.59 Å². The van der Waals surface area contributed by atoms with E-state index in [1.807, 2.05) is 13.8 Å². The first-order chi connectivity index (χ1) is 10.8. The normalized spacial score (nSPS) is 11.8. The van der Waals surface area contributed by atoms with Crippen LogP contribution in [0.3, 0.4) is 0 Å². The van der Waals surface area contributed by atoms with Crippen molar-refractivity contribution < 1.29 is 23.8 Å². The third-order valence-electron chi connectivity index (χ3n) is 2.82. The van der Waals surface area contributed by atoms with Gasteiger partial charge in [-0.05, 0) is 39.8 Å². The average Bonchev–Trinajstić information content (AvgIpc) is 2.48. The van der Waals surface area contributed by atoms with E-state index in [-0.39, 0.29) is 22.6 Å². The third kappa shape index (κ3) is 5.32. The van der Waals surface area contributed by atoms with Crippen molar-refractivity contribution >= 4 is 23.5 Å². The van der Waals surface area contributed by atoms with Gasteiger partial charge in [-0.2, -0.15) is 0 Å². The lowest BCUT2D eigenvalue weighted by Crippen LogP contribution is -2.35. The molecule has 0 bridgehead atoms. The molecule has 0 radical (unpaired) electrons. The van der Waals surface area contributed by atoms with Crippen molar-refractivity contribution in [3.63, 3.8) is 0 Å². The summed E-state index contributed by atoms with van der Waals surface area (Å²) >= 11 is 6.16. The Bertz CT molecular complexity index is 574. The van der Waals surface area contributed by atoms with Crippen LogP contribution in [0.1, 0.15) is 38.1 Å². The van der Waals surface area contributed by atoms with Crippen molar-refractivity contribution in [2.75, 3.05) is 13.7 Å². The number of nitrogens with one attached hydrogen (secondary N) is 1. The van der Waals surface area contributed by atoms with Gasteiger partial charge in [0.15, 0.2) is 17.6 Å². The molecular formula is C16H22ClNO5. The Morgan fingerprint density at radius 2 is 1.91 bits per heavy atom. The second-order valence-corrected chi connectivity index (χ2v) is 5.51. The molecule has 1 aromatic rings. The van der Waals surface area contributed by atoms with Crippen LogP contribution in [0.25, 0.3) is 0 Å². The largest absolute Gasteiger partial charge is 0.493 e. The molecule has 0 spiro atoms. The highest BCUT2D eigenvalue weighted by Gasteiger charge is 2.21. The Kier molecular flexibility index (Phi) is 7.16. The highest BCUT2D eigenvalue weighted by molar-refractivity contribution is 6.32. The summed E-state index contributed by atoms with van der Waals surface area (Å²) in [5, 5.41) is 2.81. The van der Waals surface area contributed by atoms with Gasteiger partial charge in [0.2, 0.25) is 0 Å². The first kappa shape index (κ1) is 19.1. The van der Waals surface area contributed by atoms with E-state index in [2.05, 4.69) is 5.32 Å². The number of halogens is 1. The predicted molar refractivity (Wildman–Crippen MR) is 87.3 cm³/mol. The van der Waals surface area contributed by atoms with Crippen LogP contribution in [0, 0.1) is 0 Å². The lowest BCUT2D eigenvalue weighted by molar-refractivity contribution is -0.128. The molecule has 128 valence electrons. The number of ether oxygens (including phenoxy) is 3. The molecule has 1 atom stereocenters. The maximum atomic E-state index is 12.2. The monoisotopic (exact) mass is 343 g/mol. The molecule has 0 unspecified atom stereocenters. The number of carbonyl (C=O) groups is 2. The number of hydrogen-bond acceptors (Lipinski definition) is 5. The van der Waals surface area contributed by atoms with E-state index in [1.165, 1.54) is 26.2 Å². The standard InChI is InChI=1S/C16H22ClNO5/c1-6-18-15(19)10(4)23-16(20)11-7-12(17)14(22-9(2)3)13(8-11)21-5/h7-10H,6H2,1-5H3,(H,18,19)/t10-/m1/s1. The molecule has 23 heavy (non-hydrogen) atoms. The molecule has 0 saturated carbocycles. The van der Waals surface area contributed by atoms with Crippen molar-refractivity contribution in [2.45, 2.75) is 39.9 Å². The molecule has 1 amide bonds. The summed E-state index contributed by atoms with van der Waals surface area (Å²) in [6.45, 7) is 7.45. The summed E-state index contributed by atoms with van der Waals surface area (Å²) in [5.41, 5.74) is 0.180. The second kappa shape index (κ2) is 8.62. The Balaban J connectivity index is 2.98. The molecule has 1 N–H and O–H groups in total. The summed E-state index contributed by atoms with van der Waals surface area (Å²) in [6, 6.07) is 2.89. The zero-order chi connectivity index (χ0) is 17.6. The molecule has 0 fully saturated rings. The summed E-state index contributed by atoms with van der Waals surface area (Å²) < 4.78 is 15.9. The van der Waals surface area contributed by atoms with Gasteiger partial charge in [0.05, 0.1) is 23.8 Å². The maximum Gasteiger partial charge on any atom is 0.339 e. The van der Waals surface area contributed by atoms with E-state index >= 15 is 0 Å². The van der Waals surface area contributed by atoms with Gasteiger partial charge in [0.1, 0.15) is 0 Å². The number of benzene rings is 1. The Labute approximate surface area is 141 Å². The smallest absolute Gasteiger partial charge is 0.339 e.